The number of hydrogen-bond acceptors (Lipinski definition) is 5. The lowest BCUT2D eigenvalue weighted by Gasteiger charge is -2.16. The highest BCUT2D eigenvalue weighted by Gasteiger charge is 2.36. The molecule has 1 fully saturated rings. The van der Waals surface area contributed by atoms with Gasteiger partial charge in [0.05, 0.1) is 23.4 Å². The van der Waals surface area contributed by atoms with Crippen molar-refractivity contribution < 1.29 is 17.9 Å². The second-order valence-electron chi connectivity index (χ2n) is 7.11. The molecule has 1 saturated heterocycles. The molecule has 1 aromatic carbocycles. The van der Waals surface area contributed by atoms with E-state index in [0.29, 0.717) is 23.7 Å². The number of hydrogen-bond donors (Lipinski definition) is 0. The SMILES string of the molecule is CCCOc1ccc(-c2cc(C(F)(F)F)c(C#N)c(SCCN3CCCC3)n2)cc1. The Labute approximate surface area is 179 Å². The number of alkyl halides is 3. The average Bonchev–Trinajstić information content (AvgIpc) is 3.25. The van der Waals surface area contributed by atoms with Crippen molar-refractivity contribution in [1.29, 1.82) is 5.26 Å². The number of ether oxygens (including phenoxy) is 1. The lowest BCUT2D eigenvalue weighted by atomic mass is 10.1. The zero-order chi connectivity index (χ0) is 21.6. The molecule has 160 valence electrons. The van der Waals surface area contributed by atoms with E-state index < -0.39 is 17.3 Å². The maximum absolute atomic E-state index is 13.7. The minimum absolute atomic E-state index is 0.132. The molecule has 0 unspecified atom stereocenters. The molecule has 3 rings (SSSR count). The van der Waals surface area contributed by atoms with Crippen LogP contribution in [0.5, 0.6) is 5.75 Å². The monoisotopic (exact) mass is 435 g/mol. The van der Waals surface area contributed by atoms with Gasteiger partial charge in [-0.15, -0.1) is 11.8 Å². The quantitative estimate of drug-likeness (QED) is 0.504. The zero-order valence-corrected chi connectivity index (χ0v) is 17.7. The highest BCUT2D eigenvalue weighted by molar-refractivity contribution is 7.99. The first-order chi connectivity index (χ1) is 14.4. The summed E-state index contributed by atoms with van der Waals surface area (Å²) >= 11 is 1.21. The summed E-state index contributed by atoms with van der Waals surface area (Å²) in [6.45, 7) is 5.37. The predicted octanol–water partition coefficient (Wildman–Crippen LogP) is 5.62. The largest absolute Gasteiger partial charge is 0.494 e. The number of nitriles is 1. The lowest BCUT2D eigenvalue weighted by Crippen LogP contribution is -2.22. The second kappa shape index (κ2) is 10.2. The number of pyridine rings is 1. The van der Waals surface area contributed by atoms with Crippen LogP contribution in [0.1, 0.15) is 37.3 Å². The van der Waals surface area contributed by atoms with Gasteiger partial charge in [-0.3, -0.25) is 0 Å². The fourth-order valence-electron chi connectivity index (χ4n) is 3.33. The van der Waals surface area contributed by atoms with E-state index >= 15 is 0 Å². The standard InChI is InChI=1S/C22H24F3N3OS/c1-2-12-29-17-7-5-16(6-8-17)20-14-19(22(23,24)25)18(15-26)21(27-20)30-13-11-28-9-3-4-10-28/h5-8,14H,2-4,9-13H2,1H3. The summed E-state index contributed by atoms with van der Waals surface area (Å²) in [5.74, 6) is 1.25. The third-order valence-electron chi connectivity index (χ3n) is 4.87. The zero-order valence-electron chi connectivity index (χ0n) is 16.8. The van der Waals surface area contributed by atoms with Crippen molar-refractivity contribution in [2.24, 2.45) is 0 Å². The number of benzene rings is 1. The van der Waals surface area contributed by atoms with Gasteiger partial charge in [0.25, 0.3) is 0 Å². The van der Waals surface area contributed by atoms with Gasteiger partial charge in [-0.05, 0) is 62.7 Å². The minimum atomic E-state index is -4.63. The fraction of sp³-hybridized carbons (Fsp3) is 0.455. The van der Waals surface area contributed by atoms with Gasteiger partial charge in [-0.2, -0.15) is 18.4 Å². The maximum Gasteiger partial charge on any atom is 0.417 e. The van der Waals surface area contributed by atoms with Gasteiger partial charge in [0.1, 0.15) is 16.8 Å². The highest BCUT2D eigenvalue weighted by atomic mass is 32.2. The molecular weight excluding hydrogens is 411 g/mol. The Morgan fingerprint density at radius 1 is 1.20 bits per heavy atom. The van der Waals surface area contributed by atoms with Gasteiger partial charge < -0.3 is 9.64 Å². The van der Waals surface area contributed by atoms with Crippen molar-refractivity contribution in [1.82, 2.24) is 9.88 Å². The van der Waals surface area contributed by atoms with Gasteiger partial charge in [0, 0.05) is 17.9 Å². The molecule has 0 N–H and O–H groups in total. The molecule has 1 aromatic heterocycles. The summed E-state index contributed by atoms with van der Waals surface area (Å²) in [6, 6.07) is 9.51. The van der Waals surface area contributed by atoms with Crippen LogP contribution in [0.2, 0.25) is 0 Å². The number of aromatic nitrogens is 1. The van der Waals surface area contributed by atoms with Crippen molar-refractivity contribution in [2.75, 3.05) is 32.0 Å². The normalized spacial score (nSPS) is 14.6. The van der Waals surface area contributed by atoms with E-state index in [1.807, 2.05) is 6.92 Å². The number of nitrogens with zero attached hydrogens (tertiary/aromatic N) is 3. The molecule has 8 heteroatoms. The highest BCUT2D eigenvalue weighted by Crippen LogP contribution is 2.38. The molecule has 0 aliphatic carbocycles. The molecule has 0 radical (unpaired) electrons. The summed E-state index contributed by atoms with van der Waals surface area (Å²) in [6.07, 6.45) is -1.46. The van der Waals surface area contributed by atoms with E-state index in [2.05, 4.69) is 9.88 Å². The topological polar surface area (TPSA) is 49.1 Å². The first-order valence-corrected chi connectivity index (χ1v) is 11.0. The van der Waals surface area contributed by atoms with E-state index in [9.17, 15) is 18.4 Å². The van der Waals surface area contributed by atoms with Crippen molar-refractivity contribution in [2.45, 2.75) is 37.4 Å². The van der Waals surface area contributed by atoms with E-state index in [4.69, 9.17) is 4.74 Å². The molecule has 0 spiro atoms. The Bertz CT molecular complexity index is 888. The van der Waals surface area contributed by atoms with Gasteiger partial charge in [-0.1, -0.05) is 6.92 Å². The average molecular weight is 436 g/mol. The molecule has 0 amide bonds. The number of rotatable bonds is 8. The molecule has 2 aromatic rings. The molecule has 2 heterocycles. The Hall–Kier alpha value is -2.24. The van der Waals surface area contributed by atoms with E-state index in [1.165, 1.54) is 11.8 Å². The summed E-state index contributed by atoms with van der Waals surface area (Å²) < 4.78 is 46.5. The van der Waals surface area contributed by atoms with Gasteiger partial charge >= 0.3 is 6.18 Å². The van der Waals surface area contributed by atoms with Gasteiger partial charge in [0.15, 0.2) is 0 Å². The molecule has 1 aliphatic heterocycles. The fourth-order valence-corrected chi connectivity index (χ4v) is 4.33. The smallest absolute Gasteiger partial charge is 0.417 e. The Morgan fingerprint density at radius 2 is 1.90 bits per heavy atom. The molecule has 0 atom stereocenters. The summed E-state index contributed by atoms with van der Waals surface area (Å²) in [5.41, 5.74) is -0.590. The molecule has 0 saturated carbocycles. The van der Waals surface area contributed by atoms with Crippen LogP contribution in [-0.2, 0) is 6.18 Å². The predicted molar refractivity (Wildman–Crippen MR) is 112 cm³/mol. The van der Waals surface area contributed by atoms with Crippen LogP contribution >= 0.6 is 11.8 Å². The second-order valence-corrected chi connectivity index (χ2v) is 8.20. The third-order valence-corrected chi connectivity index (χ3v) is 5.83. The van der Waals surface area contributed by atoms with Crippen LogP contribution in [0.15, 0.2) is 35.4 Å². The Balaban J connectivity index is 1.89. The van der Waals surface area contributed by atoms with E-state index in [0.717, 1.165) is 45.0 Å². The third kappa shape index (κ3) is 5.67. The molecule has 30 heavy (non-hydrogen) atoms. The molecular formula is C22H24F3N3OS. The number of likely N-dealkylation sites (tertiary alicyclic amines) is 1. The first kappa shape index (κ1) is 22.4. The summed E-state index contributed by atoms with van der Waals surface area (Å²) in [4.78, 5) is 6.71. The van der Waals surface area contributed by atoms with Gasteiger partial charge in [-0.25, -0.2) is 4.98 Å². The number of halogens is 3. The lowest BCUT2D eigenvalue weighted by molar-refractivity contribution is -0.138. The Morgan fingerprint density at radius 3 is 2.50 bits per heavy atom. The van der Waals surface area contributed by atoms with Crippen LogP contribution < -0.4 is 4.74 Å². The van der Waals surface area contributed by atoms with E-state index in [-0.39, 0.29) is 10.7 Å². The van der Waals surface area contributed by atoms with Gasteiger partial charge in [0.2, 0.25) is 0 Å². The number of thioether (sulfide) groups is 1. The van der Waals surface area contributed by atoms with Crippen molar-refractivity contribution in [3.63, 3.8) is 0 Å². The van der Waals surface area contributed by atoms with E-state index in [1.54, 1.807) is 30.3 Å². The van der Waals surface area contributed by atoms with Crippen LogP contribution in [0.4, 0.5) is 13.2 Å². The Kier molecular flexibility index (Phi) is 7.62. The molecule has 0 bridgehead atoms. The van der Waals surface area contributed by atoms with Crippen molar-refractivity contribution in [3.05, 3.63) is 41.5 Å². The van der Waals surface area contributed by atoms with Crippen molar-refractivity contribution >= 4 is 11.8 Å². The molecule has 1 aliphatic rings. The van der Waals surface area contributed by atoms with Crippen LogP contribution in [-0.4, -0.2) is 41.9 Å². The van der Waals surface area contributed by atoms with Crippen LogP contribution in [0, 0.1) is 11.3 Å². The van der Waals surface area contributed by atoms with Crippen LogP contribution in [0.3, 0.4) is 0 Å². The summed E-state index contributed by atoms with van der Waals surface area (Å²) in [5, 5.41) is 9.56. The summed E-state index contributed by atoms with van der Waals surface area (Å²) in [7, 11) is 0. The minimum Gasteiger partial charge on any atom is -0.494 e. The maximum atomic E-state index is 13.7. The first-order valence-electron chi connectivity index (χ1n) is 10.0. The molecule has 4 nitrogen and oxygen atoms in total. The van der Waals surface area contributed by atoms with Crippen LogP contribution in [0.25, 0.3) is 11.3 Å². The van der Waals surface area contributed by atoms with Crippen molar-refractivity contribution in [3.8, 4) is 23.1 Å².